The lowest BCUT2D eigenvalue weighted by molar-refractivity contribution is -0.140. The van der Waals surface area contributed by atoms with E-state index in [4.69, 9.17) is 14.2 Å². The van der Waals surface area contributed by atoms with E-state index in [2.05, 4.69) is 0 Å². The van der Waals surface area contributed by atoms with E-state index in [1.54, 1.807) is 74.5 Å². The Morgan fingerprint density at radius 3 is 2.00 bits per heavy atom. The molecule has 0 heterocycles. The van der Waals surface area contributed by atoms with Crippen molar-refractivity contribution in [3.05, 3.63) is 95.1 Å². The van der Waals surface area contributed by atoms with Crippen molar-refractivity contribution in [1.82, 2.24) is 0 Å². The molecular formula is C31H31NO7S. The van der Waals surface area contributed by atoms with E-state index < -0.39 is 28.5 Å². The quantitative estimate of drug-likeness (QED) is 0.244. The number of benzene rings is 4. The van der Waals surface area contributed by atoms with Crippen LogP contribution in [0.25, 0.3) is 10.8 Å². The fraction of sp³-hybridized carbons (Fsp3) is 0.226. The summed E-state index contributed by atoms with van der Waals surface area (Å²) in [5.74, 6) is -0.181. The second kappa shape index (κ2) is 11.8. The van der Waals surface area contributed by atoms with Gasteiger partial charge in [0.15, 0.2) is 0 Å². The van der Waals surface area contributed by atoms with Gasteiger partial charge in [-0.1, -0.05) is 60.2 Å². The Bertz CT molecular complexity index is 1670. The number of anilines is 1. The van der Waals surface area contributed by atoms with E-state index in [0.29, 0.717) is 44.6 Å². The summed E-state index contributed by atoms with van der Waals surface area (Å²) in [6, 6.07) is 21.2. The van der Waals surface area contributed by atoms with Crippen LogP contribution < -0.4 is 9.04 Å². The zero-order valence-electron chi connectivity index (χ0n) is 23.1. The second-order valence-electron chi connectivity index (χ2n) is 9.41. The number of rotatable bonds is 9. The van der Waals surface area contributed by atoms with Crippen LogP contribution in [-0.2, 0) is 35.5 Å². The Balaban J connectivity index is 1.87. The van der Waals surface area contributed by atoms with Gasteiger partial charge in [-0.15, -0.1) is 0 Å². The summed E-state index contributed by atoms with van der Waals surface area (Å²) in [7, 11) is -1.64. The summed E-state index contributed by atoms with van der Waals surface area (Å²) in [4.78, 5) is 24.6. The minimum Gasteiger partial charge on any atom is -0.469 e. The molecule has 0 saturated carbocycles. The van der Waals surface area contributed by atoms with Crippen molar-refractivity contribution in [1.29, 1.82) is 0 Å². The molecule has 0 saturated heterocycles. The molecule has 4 aromatic rings. The van der Waals surface area contributed by atoms with Crippen molar-refractivity contribution in [2.75, 3.05) is 25.1 Å². The third-order valence-electron chi connectivity index (χ3n) is 6.54. The maximum absolute atomic E-state index is 14.2. The van der Waals surface area contributed by atoms with Gasteiger partial charge < -0.3 is 14.2 Å². The molecule has 0 unspecified atom stereocenters. The number of esters is 2. The zero-order chi connectivity index (χ0) is 29.0. The zero-order valence-corrected chi connectivity index (χ0v) is 23.9. The summed E-state index contributed by atoms with van der Waals surface area (Å²) in [5, 5.41) is 1.18. The molecule has 0 aliphatic heterocycles. The number of hydrogen-bond acceptors (Lipinski definition) is 7. The second-order valence-corrected chi connectivity index (χ2v) is 11.2. The predicted molar refractivity (Wildman–Crippen MR) is 153 cm³/mol. The van der Waals surface area contributed by atoms with Crippen LogP contribution in [0.2, 0.25) is 0 Å². The van der Waals surface area contributed by atoms with Gasteiger partial charge in [-0.3, -0.25) is 13.9 Å². The summed E-state index contributed by atoms with van der Waals surface area (Å²) in [6.45, 7) is 4.87. The molecule has 0 aliphatic rings. The first-order valence-electron chi connectivity index (χ1n) is 12.6. The minimum atomic E-state index is -4.18. The molecule has 0 spiro atoms. The molecule has 0 amide bonds. The van der Waals surface area contributed by atoms with Crippen LogP contribution in [0.3, 0.4) is 0 Å². The standard InChI is InChI=1S/C31H31NO7S/c1-20-16-21(2)31(22(3)17-20)40(35,36)32(19-30(34)38-5)26-14-15-28(25-12-8-7-11-24(25)26)39-27-13-9-6-10-23(27)18-29(33)37-4/h6-17H,18-19H2,1-5H3. The van der Waals surface area contributed by atoms with E-state index >= 15 is 0 Å². The third kappa shape index (κ3) is 5.79. The Morgan fingerprint density at radius 1 is 0.750 bits per heavy atom. The van der Waals surface area contributed by atoms with Crippen molar-refractivity contribution >= 4 is 38.4 Å². The first kappa shape index (κ1) is 28.6. The van der Waals surface area contributed by atoms with Crippen LogP contribution in [0.4, 0.5) is 5.69 Å². The number of para-hydroxylation sites is 1. The highest BCUT2D eigenvalue weighted by atomic mass is 32.2. The summed E-state index contributed by atoms with van der Waals surface area (Å²) < 4.78 is 45.4. The van der Waals surface area contributed by atoms with Gasteiger partial charge in [0.2, 0.25) is 0 Å². The van der Waals surface area contributed by atoms with Gasteiger partial charge in [0.05, 0.1) is 31.2 Å². The largest absolute Gasteiger partial charge is 0.469 e. The maximum atomic E-state index is 14.2. The summed E-state index contributed by atoms with van der Waals surface area (Å²) in [6.07, 6.45) is 0.0308. The lowest BCUT2D eigenvalue weighted by Crippen LogP contribution is -2.37. The SMILES string of the molecule is COC(=O)Cc1ccccc1Oc1ccc(N(CC(=O)OC)S(=O)(=O)c2c(C)cc(C)cc2C)c2ccccc12. The maximum Gasteiger partial charge on any atom is 0.326 e. The number of carbonyl (C=O) groups excluding carboxylic acids is 2. The smallest absolute Gasteiger partial charge is 0.326 e. The number of fused-ring (bicyclic) bond motifs is 1. The molecule has 208 valence electrons. The molecule has 0 atom stereocenters. The van der Waals surface area contributed by atoms with Gasteiger partial charge in [-0.2, -0.15) is 0 Å². The van der Waals surface area contributed by atoms with Crippen LogP contribution in [0.5, 0.6) is 11.5 Å². The highest BCUT2D eigenvalue weighted by Gasteiger charge is 2.32. The van der Waals surface area contributed by atoms with Gasteiger partial charge in [0.25, 0.3) is 10.0 Å². The number of hydrogen-bond donors (Lipinski definition) is 0. The van der Waals surface area contributed by atoms with Gasteiger partial charge in [-0.05, 0) is 50.1 Å². The van der Waals surface area contributed by atoms with E-state index in [9.17, 15) is 18.0 Å². The van der Waals surface area contributed by atoms with Gasteiger partial charge >= 0.3 is 11.9 Å². The molecule has 4 aromatic carbocycles. The number of sulfonamides is 1. The molecule has 8 nitrogen and oxygen atoms in total. The van der Waals surface area contributed by atoms with Crippen LogP contribution >= 0.6 is 0 Å². The fourth-order valence-corrected chi connectivity index (χ4v) is 6.67. The molecule has 4 rings (SSSR count). The fourth-order valence-electron chi connectivity index (χ4n) is 4.82. The number of aryl methyl sites for hydroxylation is 3. The molecule has 40 heavy (non-hydrogen) atoms. The normalized spacial score (nSPS) is 11.2. The van der Waals surface area contributed by atoms with Gasteiger partial charge in [-0.25, -0.2) is 8.42 Å². The summed E-state index contributed by atoms with van der Waals surface area (Å²) in [5.41, 5.74) is 3.05. The molecule has 0 bridgehead atoms. The molecule has 0 N–H and O–H groups in total. The van der Waals surface area contributed by atoms with Crippen molar-refractivity contribution in [2.24, 2.45) is 0 Å². The highest BCUT2D eigenvalue weighted by molar-refractivity contribution is 7.93. The average molecular weight is 562 g/mol. The van der Waals surface area contributed by atoms with E-state index in [1.165, 1.54) is 14.2 Å². The Kier molecular flexibility index (Phi) is 8.44. The minimum absolute atomic E-state index is 0.0308. The monoisotopic (exact) mass is 561 g/mol. The molecule has 0 aromatic heterocycles. The van der Waals surface area contributed by atoms with Crippen LogP contribution in [0.15, 0.2) is 77.7 Å². The van der Waals surface area contributed by atoms with Crippen molar-refractivity contribution < 1.29 is 32.2 Å². The highest BCUT2D eigenvalue weighted by Crippen LogP contribution is 2.39. The third-order valence-corrected chi connectivity index (χ3v) is 8.60. The van der Waals surface area contributed by atoms with Crippen molar-refractivity contribution in [3.8, 4) is 11.5 Å². The Labute approximate surface area is 234 Å². The first-order valence-corrected chi connectivity index (χ1v) is 14.0. The van der Waals surface area contributed by atoms with Gasteiger partial charge in [0, 0.05) is 16.3 Å². The van der Waals surface area contributed by atoms with Crippen molar-refractivity contribution in [2.45, 2.75) is 32.1 Å². The number of methoxy groups -OCH3 is 2. The van der Waals surface area contributed by atoms with Crippen LogP contribution in [0.1, 0.15) is 22.3 Å². The van der Waals surface area contributed by atoms with Crippen molar-refractivity contribution in [3.63, 3.8) is 0 Å². The summed E-state index contributed by atoms with van der Waals surface area (Å²) >= 11 is 0. The lowest BCUT2D eigenvalue weighted by atomic mass is 10.1. The van der Waals surface area contributed by atoms with E-state index in [-0.39, 0.29) is 11.3 Å². The molecule has 0 aliphatic carbocycles. The van der Waals surface area contributed by atoms with E-state index in [1.807, 2.05) is 19.1 Å². The van der Waals surface area contributed by atoms with Crippen LogP contribution in [-0.4, -0.2) is 41.1 Å². The lowest BCUT2D eigenvalue weighted by Gasteiger charge is -2.27. The molecular weight excluding hydrogens is 530 g/mol. The molecule has 0 fully saturated rings. The number of carbonyl (C=O) groups is 2. The predicted octanol–water partition coefficient (Wildman–Crippen LogP) is 5.64. The van der Waals surface area contributed by atoms with E-state index in [0.717, 1.165) is 9.87 Å². The Hall–Kier alpha value is -4.37. The first-order chi connectivity index (χ1) is 19.1. The number of nitrogens with zero attached hydrogens (tertiary/aromatic N) is 1. The number of ether oxygens (including phenoxy) is 3. The van der Waals surface area contributed by atoms with Gasteiger partial charge in [0.1, 0.15) is 18.0 Å². The average Bonchev–Trinajstić information content (AvgIpc) is 2.92. The topological polar surface area (TPSA) is 99.2 Å². The van der Waals surface area contributed by atoms with Crippen LogP contribution in [0, 0.1) is 20.8 Å². The molecule has 9 heteroatoms. The molecule has 0 radical (unpaired) electrons. The Morgan fingerprint density at radius 2 is 1.35 bits per heavy atom.